The number of carbonyl (C=O) groups excluding carboxylic acids is 2. The first-order valence-corrected chi connectivity index (χ1v) is 7.61. The second kappa shape index (κ2) is 5.38. The number of nitrogens with zero attached hydrogens (tertiary/aromatic N) is 2. The van der Waals surface area contributed by atoms with E-state index in [4.69, 9.17) is 0 Å². The van der Waals surface area contributed by atoms with Gasteiger partial charge in [0.05, 0.1) is 12.5 Å². The Morgan fingerprint density at radius 1 is 1.37 bits per heavy atom. The molecule has 1 aromatic rings. The Morgan fingerprint density at radius 3 is 2.84 bits per heavy atom. The predicted octanol–water partition coefficient (Wildman–Crippen LogP) is 1.30. The largest absolute Gasteiger partial charge is 0.299 e. The van der Waals surface area contributed by atoms with Crippen LogP contribution in [0, 0.1) is 0 Å². The number of carbonyl (C=O) groups is 2. The molecule has 2 amide bonds. The first kappa shape index (κ1) is 12.7. The van der Waals surface area contributed by atoms with Gasteiger partial charge in [0, 0.05) is 24.2 Å². The van der Waals surface area contributed by atoms with Gasteiger partial charge in [-0.1, -0.05) is 12.8 Å². The molecule has 0 bridgehead atoms. The summed E-state index contributed by atoms with van der Waals surface area (Å²) in [5.74, 6) is -0.0676. The van der Waals surface area contributed by atoms with Crippen LogP contribution in [0.15, 0.2) is 11.6 Å². The van der Waals surface area contributed by atoms with Crippen LogP contribution in [0.2, 0.25) is 0 Å². The van der Waals surface area contributed by atoms with E-state index in [1.807, 2.05) is 5.38 Å². The van der Waals surface area contributed by atoms with Gasteiger partial charge >= 0.3 is 0 Å². The Kier molecular flexibility index (Phi) is 3.61. The predicted molar refractivity (Wildman–Crippen MR) is 71.5 cm³/mol. The highest BCUT2D eigenvalue weighted by Gasteiger charge is 2.42. The first-order valence-electron chi connectivity index (χ1n) is 6.73. The van der Waals surface area contributed by atoms with Crippen molar-refractivity contribution in [3.8, 4) is 0 Å². The lowest BCUT2D eigenvalue weighted by Crippen LogP contribution is -2.42. The van der Waals surface area contributed by atoms with Gasteiger partial charge in [0.25, 0.3) is 0 Å². The number of rotatable bonds is 4. The minimum absolute atomic E-state index is 0.0199. The fourth-order valence-electron chi connectivity index (χ4n) is 2.91. The molecule has 102 valence electrons. The quantitative estimate of drug-likeness (QED) is 0.844. The third-order valence-electron chi connectivity index (χ3n) is 3.86. The topological polar surface area (TPSA) is 62.3 Å². The van der Waals surface area contributed by atoms with Gasteiger partial charge in [0.1, 0.15) is 5.01 Å². The highest BCUT2D eigenvalue weighted by atomic mass is 32.1. The summed E-state index contributed by atoms with van der Waals surface area (Å²) >= 11 is 1.55. The number of imide groups is 1. The van der Waals surface area contributed by atoms with Crippen LogP contribution in [0.1, 0.15) is 37.1 Å². The minimum Gasteiger partial charge on any atom is -0.299 e. The molecule has 5 nitrogen and oxygen atoms in total. The van der Waals surface area contributed by atoms with E-state index in [-0.39, 0.29) is 23.9 Å². The number of hydrogen-bond donors (Lipinski definition) is 1. The Labute approximate surface area is 116 Å². The molecule has 1 unspecified atom stereocenters. The zero-order valence-electron chi connectivity index (χ0n) is 10.7. The highest BCUT2D eigenvalue weighted by Crippen LogP contribution is 2.28. The first-order chi connectivity index (χ1) is 9.25. The van der Waals surface area contributed by atoms with Gasteiger partial charge in [-0.3, -0.25) is 19.8 Å². The Morgan fingerprint density at radius 2 is 2.16 bits per heavy atom. The fourth-order valence-corrected chi connectivity index (χ4v) is 3.47. The van der Waals surface area contributed by atoms with Crippen molar-refractivity contribution in [1.82, 2.24) is 15.2 Å². The summed E-state index contributed by atoms with van der Waals surface area (Å²) in [6, 6.07) is -0.219. The van der Waals surface area contributed by atoms with Crippen LogP contribution in [0.5, 0.6) is 0 Å². The number of nitrogens with one attached hydrogen (secondary N) is 1. The van der Waals surface area contributed by atoms with E-state index in [0.717, 1.165) is 30.7 Å². The monoisotopic (exact) mass is 279 g/mol. The normalized spacial score (nSPS) is 24.6. The number of hydrogen-bond acceptors (Lipinski definition) is 5. The van der Waals surface area contributed by atoms with Gasteiger partial charge in [-0.15, -0.1) is 11.3 Å². The van der Waals surface area contributed by atoms with Crippen LogP contribution in [0.4, 0.5) is 0 Å². The molecule has 1 saturated carbocycles. The van der Waals surface area contributed by atoms with Crippen molar-refractivity contribution in [2.75, 3.05) is 0 Å². The molecule has 6 heteroatoms. The van der Waals surface area contributed by atoms with Gasteiger partial charge in [0.2, 0.25) is 11.8 Å². The lowest BCUT2D eigenvalue weighted by atomic mass is 10.2. The molecular weight excluding hydrogens is 262 g/mol. The van der Waals surface area contributed by atoms with E-state index in [1.165, 1.54) is 4.90 Å². The smallest absolute Gasteiger partial charge is 0.247 e. The lowest BCUT2D eigenvalue weighted by Gasteiger charge is -2.22. The number of amides is 2. The van der Waals surface area contributed by atoms with E-state index >= 15 is 0 Å². The van der Waals surface area contributed by atoms with Crippen LogP contribution in [0.3, 0.4) is 0 Å². The van der Waals surface area contributed by atoms with Crippen molar-refractivity contribution in [3.63, 3.8) is 0 Å². The molecule has 2 fully saturated rings. The lowest BCUT2D eigenvalue weighted by molar-refractivity contribution is -0.141. The fraction of sp³-hybridized carbons (Fsp3) is 0.615. The molecule has 2 heterocycles. The average Bonchev–Trinajstić information content (AvgIpc) is 3.09. The van der Waals surface area contributed by atoms with Crippen LogP contribution < -0.4 is 5.32 Å². The van der Waals surface area contributed by atoms with Gasteiger partial charge in [0.15, 0.2) is 0 Å². The molecule has 1 aromatic heterocycles. The van der Waals surface area contributed by atoms with Gasteiger partial charge in [-0.25, -0.2) is 4.98 Å². The highest BCUT2D eigenvalue weighted by molar-refractivity contribution is 7.09. The molecule has 2 aliphatic rings. The summed E-state index contributed by atoms with van der Waals surface area (Å²) in [6.45, 7) is 0.555. The summed E-state index contributed by atoms with van der Waals surface area (Å²) in [5.41, 5.74) is 0. The van der Waals surface area contributed by atoms with Gasteiger partial charge in [-0.2, -0.15) is 0 Å². The van der Waals surface area contributed by atoms with Crippen LogP contribution in [0.25, 0.3) is 0 Å². The number of likely N-dealkylation sites (tertiary alicyclic amines) is 1. The Bertz CT molecular complexity index is 468. The zero-order valence-corrected chi connectivity index (χ0v) is 11.5. The summed E-state index contributed by atoms with van der Waals surface area (Å²) in [6.07, 6.45) is 6.22. The summed E-state index contributed by atoms with van der Waals surface area (Å²) in [5, 5.41) is 6.00. The molecule has 0 aromatic carbocycles. The second-order valence-corrected chi connectivity index (χ2v) is 6.08. The summed E-state index contributed by atoms with van der Waals surface area (Å²) < 4.78 is 0. The molecule has 0 spiro atoms. The maximum atomic E-state index is 12.3. The molecular formula is C13H17N3O2S. The minimum atomic E-state index is -0.364. The van der Waals surface area contributed by atoms with Gasteiger partial charge < -0.3 is 0 Å². The number of aromatic nitrogens is 1. The van der Waals surface area contributed by atoms with E-state index in [1.54, 1.807) is 17.5 Å². The molecule has 1 saturated heterocycles. The van der Waals surface area contributed by atoms with Crippen molar-refractivity contribution >= 4 is 23.2 Å². The maximum Gasteiger partial charge on any atom is 0.247 e. The van der Waals surface area contributed by atoms with Crippen molar-refractivity contribution in [3.05, 3.63) is 16.6 Å². The molecule has 1 atom stereocenters. The maximum absolute atomic E-state index is 12.3. The van der Waals surface area contributed by atoms with Gasteiger partial charge in [-0.05, 0) is 12.8 Å². The van der Waals surface area contributed by atoms with Crippen molar-refractivity contribution in [1.29, 1.82) is 0 Å². The van der Waals surface area contributed by atoms with E-state index in [2.05, 4.69) is 10.3 Å². The van der Waals surface area contributed by atoms with Crippen molar-refractivity contribution in [2.24, 2.45) is 0 Å². The van der Waals surface area contributed by atoms with E-state index in [9.17, 15) is 9.59 Å². The third kappa shape index (κ3) is 2.55. The molecule has 1 aliphatic heterocycles. The van der Waals surface area contributed by atoms with Crippen molar-refractivity contribution < 1.29 is 9.59 Å². The third-order valence-corrected chi connectivity index (χ3v) is 4.64. The molecule has 3 rings (SSSR count). The molecule has 0 radical (unpaired) electrons. The average molecular weight is 279 g/mol. The SMILES string of the molecule is O=C1CC(NCc2nccs2)C(=O)N1C1CCCC1. The molecule has 1 aliphatic carbocycles. The second-order valence-electron chi connectivity index (χ2n) is 5.10. The molecule has 1 N–H and O–H groups in total. The van der Waals surface area contributed by atoms with Crippen LogP contribution in [-0.4, -0.2) is 33.8 Å². The zero-order chi connectivity index (χ0) is 13.2. The van der Waals surface area contributed by atoms with E-state index < -0.39 is 0 Å². The summed E-state index contributed by atoms with van der Waals surface area (Å²) in [4.78, 5) is 30.0. The Hall–Kier alpha value is -1.27. The summed E-state index contributed by atoms with van der Waals surface area (Å²) in [7, 11) is 0. The Balaban J connectivity index is 1.61. The van der Waals surface area contributed by atoms with Crippen LogP contribution >= 0.6 is 11.3 Å². The number of thiazole rings is 1. The standard InChI is InChI=1S/C13H17N3O2S/c17-12-7-10(15-8-11-14-5-6-19-11)13(18)16(12)9-3-1-2-4-9/h5-6,9-10,15H,1-4,7-8H2. The molecule has 19 heavy (non-hydrogen) atoms. The van der Waals surface area contributed by atoms with E-state index in [0.29, 0.717) is 13.0 Å². The van der Waals surface area contributed by atoms with Crippen LogP contribution in [-0.2, 0) is 16.1 Å². The van der Waals surface area contributed by atoms with Crippen molar-refractivity contribution in [2.45, 2.75) is 50.7 Å².